The van der Waals surface area contributed by atoms with Crippen LogP contribution in [0.2, 0.25) is 10.0 Å². The second-order valence-corrected chi connectivity index (χ2v) is 4.18. The molecular weight excluding hydrogens is 247 g/mol. The monoisotopic (exact) mass is 256 g/mol. The second kappa shape index (κ2) is 4.41. The standard InChI is InChI=1S/C10H10Cl2N4/c1-6-9(5-13)14-15-16(6)10-4-7(11)2-3-8(10)12/h2-4H,5,13H2,1H3. The summed E-state index contributed by atoms with van der Waals surface area (Å²) in [6.45, 7) is 2.24. The molecule has 4 nitrogen and oxygen atoms in total. The molecule has 0 radical (unpaired) electrons. The molecule has 0 saturated heterocycles. The molecule has 0 saturated carbocycles. The van der Waals surface area contributed by atoms with Crippen molar-refractivity contribution in [1.82, 2.24) is 15.0 Å². The van der Waals surface area contributed by atoms with E-state index in [4.69, 9.17) is 28.9 Å². The lowest BCUT2D eigenvalue weighted by molar-refractivity contribution is 0.783. The van der Waals surface area contributed by atoms with Crippen LogP contribution in [0.25, 0.3) is 5.69 Å². The van der Waals surface area contributed by atoms with Gasteiger partial charge in [-0.1, -0.05) is 28.4 Å². The second-order valence-electron chi connectivity index (χ2n) is 3.33. The van der Waals surface area contributed by atoms with Crippen molar-refractivity contribution in [2.45, 2.75) is 13.5 Å². The fraction of sp³-hybridized carbons (Fsp3) is 0.200. The molecule has 1 aromatic heterocycles. The first-order valence-electron chi connectivity index (χ1n) is 4.70. The highest BCUT2D eigenvalue weighted by molar-refractivity contribution is 6.34. The van der Waals surface area contributed by atoms with Crippen molar-refractivity contribution in [1.29, 1.82) is 0 Å². The highest BCUT2D eigenvalue weighted by Crippen LogP contribution is 2.25. The number of nitrogens with zero attached hydrogens (tertiary/aromatic N) is 3. The number of rotatable bonds is 2. The van der Waals surface area contributed by atoms with Crippen molar-refractivity contribution in [3.05, 3.63) is 39.6 Å². The number of benzene rings is 1. The molecule has 0 aliphatic heterocycles. The van der Waals surface area contributed by atoms with Crippen LogP contribution in [0.4, 0.5) is 0 Å². The fourth-order valence-electron chi connectivity index (χ4n) is 1.43. The zero-order valence-electron chi connectivity index (χ0n) is 8.61. The van der Waals surface area contributed by atoms with Crippen LogP contribution in [-0.2, 0) is 6.54 Å². The summed E-state index contributed by atoms with van der Waals surface area (Å²) in [4.78, 5) is 0. The molecule has 16 heavy (non-hydrogen) atoms. The topological polar surface area (TPSA) is 56.7 Å². The van der Waals surface area contributed by atoms with Crippen molar-refractivity contribution in [2.24, 2.45) is 5.73 Å². The maximum Gasteiger partial charge on any atom is 0.0996 e. The molecule has 0 atom stereocenters. The van der Waals surface area contributed by atoms with Gasteiger partial charge in [0.2, 0.25) is 0 Å². The van der Waals surface area contributed by atoms with Crippen molar-refractivity contribution in [3.8, 4) is 5.69 Å². The molecule has 0 fully saturated rings. The Hall–Kier alpha value is -1.10. The van der Waals surface area contributed by atoms with Gasteiger partial charge in [-0.2, -0.15) is 0 Å². The van der Waals surface area contributed by atoms with Crippen LogP contribution in [0.1, 0.15) is 11.4 Å². The Bertz CT molecular complexity index is 522. The van der Waals surface area contributed by atoms with E-state index in [1.54, 1.807) is 22.9 Å². The normalized spacial score (nSPS) is 10.8. The van der Waals surface area contributed by atoms with Gasteiger partial charge in [-0.15, -0.1) is 5.10 Å². The number of nitrogens with two attached hydrogens (primary N) is 1. The summed E-state index contributed by atoms with van der Waals surface area (Å²) in [5.74, 6) is 0. The van der Waals surface area contributed by atoms with E-state index < -0.39 is 0 Å². The highest BCUT2D eigenvalue weighted by atomic mass is 35.5. The number of hydrogen-bond donors (Lipinski definition) is 1. The van der Waals surface area contributed by atoms with Crippen LogP contribution in [0.5, 0.6) is 0 Å². The average Bonchev–Trinajstić information content (AvgIpc) is 2.63. The summed E-state index contributed by atoms with van der Waals surface area (Å²) < 4.78 is 1.64. The minimum absolute atomic E-state index is 0.351. The molecule has 2 aromatic rings. The largest absolute Gasteiger partial charge is 0.325 e. The van der Waals surface area contributed by atoms with E-state index in [1.807, 2.05) is 6.92 Å². The highest BCUT2D eigenvalue weighted by Gasteiger charge is 2.11. The summed E-state index contributed by atoms with van der Waals surface area (Å²) >= 11 is 12.0. The van der Waals surface area contributed by atoms with Gasteiger partial charge in [0.15, 0.2) is 0 Å². The van der Waals surface area contributed by atoms with E-state index in [0.29, 0.717) is 22.3 Å². The van der Waals surface area contributed by atoms with Crippen molar-refractivity contribution in [3.63, 3.8) is 0 Å². The van der Waals surface area contributed by atoms with Crippen LogP contribution >= 0.6 is 23.2 Å². The van der Waals surface area contributed by atoms with Gasteiger partial charge in [0.1, 0.15) is 0 Å². The predicted octanol–water partition coefficient (Wildman–Crippen LogP) is 2.34. The summed E-state index contributed by atoms with van der Waals surface area (Å²) in [6.07, 6.45) is 0. The van der Waals surface area contributed by atoms with Crippen LogP contribution in [-0.4, -0.2) is 15.0 Å². The van der Waals surface area contributed by atoms with Crippen LogP contribution in [0.3, 0.4) is 0 Å². The van der Waals surface area contributed by atoms with Crippen molar-refractivity contribution < 1.29 is 0 Å². The third-order valence-corrected chi connectivity index (χ3v) is 2.87. The maximum atomic E-state index is 6.08. The van der Waals surface area contributed by atoms with E-state index in [-0.39, 0.29) is 0 Å². The van der Waals surface area contributed by atoms with Gasteiger partial charge in [0.05, 0.1) is 22.1 Å². The minimum Gasteiger partial charge on any atom is -0.325 e. The first kappa shape index (κ1) is 11.4. The van der Waals surface area contributed by atoms with Crippen LogP contribution < -0.4 is 5.73 Å². The molecule has 6 heteroatoms. The maximum absolute atomic E-state index is 6.08. The van der Waals surface area contributed by atoms with Gasteiger partial charge in [-0.05, 0) is 25.1 Å². The molecule has 2 N–H and O–H groups in total. The molecule has 0 aliphatic carbocycles. The lowest BCUT2D eigenvalue weighted by atomic mass is 10.3. The van der Waals surface area contributed by atoms with Crippen molar-refractivity contribution >= 4 is 23.2 Å². The fourth-order valence-corrected chi connectivity index (χ4v) is 1.79. The zero-order chi connectivity index (χ0) is 11.7. The molecule has 0 unspecified atom stereocenters. The zero-order valence-corrected chi connectivity index (χ0v) is 10.1. The summed E-state index contributed by atoms with van der Waals surface area (Å²) in [5.41, 5.74) is 7.86. The van der Waals surface area contributed by atoms with E-state index >= 15 is 0 Å². The van der Waals surface area contributed by atoms with E-state index in [1.165, 1.54) is 0 Å². The number of aromatic nitrogens is 3. The summed E-state index contributed by atoms with van der Waals surface area (Å²) in [5, 5.41) is 9.14. The molecule has 0 bridgehead atoms. The van der Waals surface area contributed by atoms with E-state index in [9.17, 15) is 0 Å². The molecule has 0 aliphatic rings. The molecular formula is C10H10Cl2N4. The van der Waals surface area contributed by atoms with Gasteiger partial charge in [0, 0.05) is 11.6 Å². The van der Waals surface area contributed by atoms with E-state index in [2.05, 4.69) is 10.3 Å². The molecule has 0 amide bonds. The molecule has 1 aromatic carbocycles. The summed E-state index contributed by atoms with van der Waals surface area (Å²) in [6, 6.07) is 5.19. The lowest BCUT2D eigenvalue weighted by Crippen LogP contribution is -2.02. The Balaban J connectivity index is 2.58. The quantitative estimate of drug-likeness (QED) is 0.898. The Kier molecular flexibility index (Phi) is 3.14. The van der Waals surface area contributed by atoms with Crippen molar-refractivity contribution in [2.75, 3.05) is 0 Å². The summed E-state index contributed by atoms with van der Waals surface area (Å²) in [7, 11) is 0. The molecule has 2 rings (SSSR count). The SMILES string of the molecule is Cc1c(CN)nnn1-c1cc(Cl)ccc1Cl. The third kappa shape index (κ3) is 1.91. The third-order valence-electron chi connectivity index (χ3n) is 2.32. The van der Waals surface area contributed by atoms with Gasteiger partial charge >= 0.3 is 0 Å². The van der Waals surface area contributed by atoms with Gasteiger partial charge in [0.25, 0.3) is 0 Å². The van der Waals surface area contributed by atoms with Gasteiger partial charge in [-0.3, -0.25) is 0 Å². The van der Waals surface area contributed by atoms with E-state index in [0.717, 1.165) is 11.4 Å². The number of halogens is 2. The molecule has 84 valence electrons. The average molecular weight is 257 g/mol. The molecule has 0 spiro atoms. The first-order valence-corrected chi connectivity index (χ1v) is 5.45. The Labute approximate surface area is 103 Å². The van der Waals surface area contributed by atoms with Gasteiger partial charge < -0.3 is 5.73 Å². The van der Waals surface area contributed by atoms with Crippen LogP contribution in [0.15, 0.2) is 18.2 Å². The molecule has 1 heterocycles. The predicted molar refractivity (Wildman–Crippen MR) is 64.0 cm³/mol. The Morgan fingerprint density at radius 3 is 2.75 bits per heavy atom. The van der Waals surface area contributed by atoms with Crippen LogP contribution in [0, 0.1) is 6.92 Å². The lowest BCUT2D eigenvalue weighted by Gasteiger charge is -2.06. The Morgan fingerprint density at radius 1 is 1.38 bits per heavy atom. The Morgan fingerprint density at radius 2 is 2.12 bits per heavy atom. The smallest absolute Gasteiger partial charge is 0.0996 e. The minimum atomic E-state index is 0.351. The first-order chi connectivity index (χ1) is 7.63. The van der Waals surface area contributed by atoms with Gasteiger partial charge in [-0.25, -0.2) is 4.68 Å². The number of hydrogen-bond acceptors (Lipinski definition) is 3.